The molecule has 1 aliphatic heterocycles. The first-order valence-corrected chi connectivity index (χ1v) is 9.33. The smallest absolute Gasteiger partial charge is 0.266 e. The molecule has 0 saturated carbocycles. The molecule has 2 aromatic carbocycles. The molecular weight excluding hydrogens is 332 g/mol. The van der Waals surface area contributed by atoms with Gasteiger partial charge in [0, 0.05) is 12.3 Å². The van der Waals surface area contributed by atoms with Gasteiger partial charge in [-0.2, -0.15) is 0 Å². The molecule has 25 heavy (non-hydrogen) atoms. The van der Waals surface area contributed by atoms with Gasteiger partial charge in [-0.3, -0.25) is 14.7 Å². The first-order chi connectivity index (χ1) is 12.1. The number of thioether (sulfide) groups is 1. The lowest BCUT2D eigenvalue weighted by Gasteiger charge is -2.18. The van der Waals surface area contributed by atoms with Gasteiger partial charge < -0.3 is 4.74 Å². The SMILES string of the molecule is Cc1ccc(C)c(CSC2=NCCN2C(=O)COc2ccccc2)c1. The first kappa shape index (κ1) is 17.5. The summed E-state index contributed by atoms with van der Waals surface area (Å²) < 4.78 is 5.57. The molecule has 0 N–H and O–H groups in total. The summed E-state index contributed by atoms with van der Waals surface area (Å²) in [6, 6.07) is 15.9. The van der Waals surface area contributed by atoms with Crippen molar-refractivity contribution in [2.45, 2.75) is 19.6 Å². The average Bonchev–Trinajstić information content (AvgIpc) is 3.10. The van der Waals surface area contributed by atoms with Crippen molar-refractivity contribution >= 4 is 22.8 Å². The predicted molar refractivity (Wildman–Crippen MR) is 103 cm³/mol. The average molecular weight is 354 g/mol. The van der Waals surface area contributed by atoms with Crippen molar-refractivity contribution in [2.24, 2.45) is 4.99 Å². The molecule has 0 spiro atoms. The van der Waals surface area contributed by atoms with Crippen molar-refractivity contribution in [3.05, 3.63) is 65.2 Å². The second-order valence-electron chi connectivity index (χ2n) is 6.03. The molecule has 0 atom stereocenters. The van der Waals surface area contributed by atoms with Crippen LogP contribution < -0.4 is 4.74 Å². The molecule has 0 unspecified atom stereocenters. The van der Waals surface area contributed by atoms with Crippen molar-refractivity contribution in [3.8, 4) is 5.75 Å². The molecule has 0 radical (unpaired) electrons. The largest absolute Gasteiger partial charge is 0.484 e. The van der Waals surface area contributed by atoms with Crippen LogP contribution in [-0.2, 0) is 10.5 Å². The Morgan fingerprint density at radius 3 is 2.80 bits per heavy atom. The molecule has 0 aliphatic carbocycles. The van der Waals surface area contributed by atoms with Crippen molar-refractivity contribution in [3.63, 3.8) is 0 Å². The second kappa shape index (κ2) is 8.21. The van der Waals surface area contributed by atoms with Crippen LogP contribution in [0.4, 0.5) is 0 Å². The lowest BCUT2D eigenvalue weighted by atomic mass is 10.1. The molecule has 0 saturated heterocycles. The number of carbonyl (C=O) groups excluding carboxylic acids is 1. The quantitative estimate of drug-likeness (QED) is 0.820. The number of carbonyl (C=O) groups is 1. The minimum absolute atomic E-state index is 0.0348. The number of ether oxygens (including phenoxy) is 1. The van der Waals surface area contributed by atoms with Crippen LogP contribution >= 0.6 is 11.8 Å². The fourth-order valence-corrected chi connectivity index (χ4v) is 3.75. The van der Waals surface area contributed by atoms with E-state index in [4.69, 9.17) is 4.74 Å². The van der Waals surface area contributed by atoms with Gasteiger partial charge in [0.25, 0.3) is 5.91 Å². The number of benzene rings is 2. The van der Waals surface area contributed by atoms with E-state index in [9.17, 15) is 4.79 Å². The molecule has 4 nitrogen and oxygen atoms in total. The molecular formula is C20H22N2O2S. The van der Waals surface area contributed by atoms with Gasteiger partial charge >= 0.3 is 0 Å². The van der Waals surface area contributed by atoms with E-state index < -0.39 is 0 Å². The summed E-state index contributed by atoms with van der Waals surface area (Å²) >= 11 is 1.62. The number of hydrogen-bond acceptors (Lipinski definition) is 4. The maximum atomic E-state index is 12.5. The lowest BCUT2D eigenvalue weighted by Crippen LogP contribution is -2.36. The fraction of sp³-hybridized carbons (Fsp3) is 0.300. The van der Waals surface area contributed by atoms with Crippen LogP contribution in [0.2, 0.25) is 0 Å². The van der Waals surface area contributed by atoms with E-state index in [1.165, 1.54) is 16.7 Å². The molecule has 2 aromatic rings. The third-order valence-electron chi connectivity index (χ3n) is 4.07. The molecule has 0 fully saturated rings. The van der Waals surface area contributed by atoms with Crippen molar-refractivity contribution in [2.75, 3.05) is 19.7 Å². The van der Waals surface area contributed by atoms with Crippen LogP contribution in [-0.4, -0.2) is 35.7 Å². The summed E-state index contributed by atoms with van der Waals surface area (Å²) in [4.78, 5) is 18.7. The summed E-state index contributed by atoms with van der Waals surface area (Å²) in [6.45, 7) is 5.53. The van der Waals surface area contributed by atoms with Gasteiger partial charge in [-0.25, -0.2) is 0 Å². The number of aryl methyl sites for hydroxylation is 2. The number of amidine groups is 1. The van der Waals surface area contributed by atoms with E-state index in [0.717, 1.165) is 10.9 Å². The van der Waals surface area contributed by atoms with Crippen molar-refractivity contribution in [1.82, 2.24) is 4.90 Å². The molecule has 0 aromatic heterocycles. The topological polar surface area (TPSA) is 41.9 Å². The zero-order chi connectivity index (χ0) is 17.6. The van der Waals surface area contributed by atoms with Crippen LogP contribution in [0.25, 0.3) is 0 Å². The van der Waals surface area contributed by atoms with Gasteiger partial charge in [0.15, 0.2) is 11.8 Å². The van der Waals surface area contributed by atoms with E-state index in [2.05, 4.69) is 37.0 Å². The van der Waals surface area contributed by atoms with Crippen LogP contribution in [0.5, 0.6) is 5.75 Å². The first-order valence-electron chi connectivity index (χ1n) is 8.35. The second-order valence-corrected chi connectivity index (χ2v) is 6.97. The van der Waals surface area contributed by atoms with E-state index in [1.54, 1.807) is 16.7 Å². The normalized spacial score (nSPS) is 13.7. The summed E-state index contributed by atoms with van der Waals surface area (Å²) in [5, 5.41) is 0.794. The van der Waals surface area contributed by atoms with Crippen LogP contribution in [0.3, 0.4) is 0 Å². The maximum Gasteiger partial charge on any atom is 0.266 e. The van der Waals surface area contributed by atoms with Crippen molar-refractivity contribution in [1.29, 1.82) is 0 Å². The molecule has 1 amide bonds. The summed E-state index contributed by atoms with van der Waals surface area (Å²) in [5.74, 6) is 1.47. The van der Waals surface area contributed by atoms with Gasteiger partial charge in [-0.15, -0.1) is 0 Å². The Morgan fingerprint density at radius 2 is 2.00 bits per heavy atom. The van der Waals surface area contributed by atoms with Crippen LogP contribution in [0.15, 0.2) is 53.5 Å². The Labute approximate surface area is 152 Å². The van der Waals surface area contributed by atoms with Crippen LogP contribution in [0.1, 0.15) is 16.7 Å². The number of aliphatic imine (C=N–C) groups is 1. The number of nitrogens with zero attached hydrogens (tertiary/aromatic N) is 2. The fourth-order valence-electron chi connectivity index (χ4n) is 2.62. The van der Waals surface area contributed by atoms with Gasteiger partial charge in [0.1, 0.15) is 5.75 Å². The minimum atomic E-state index is -0.0476. The standard InChI is InChI=1S/C20H22N2O2S/c1-15-8-9-16(2)17(12-15)14-25-20-21-10-11-22(20)19(23)13-24-18-6-4-3-5-7-18/h3-9,12H,10-11,13-14H2,1-2H3. The third kappa shape index (κ3) is 4.63. The maximum absolute atomic E-state index is 12.5. The highest BCUT2D eigenvalue weighted by Crippen LogP contribution is 2.22. The Balaban J connectivity index is 1.56. The summed E-state index contributed by atoms with van der Waals surface area (Å²) in [6.07, 6.45) is 0. The molecule has 130 valence electrons. The number of para-hydroxylation sites is 1. The zero-order valence-corrected chi connectivity index (χ0v) is 15.4. The van der Waals surface area contributed by atoms with E-state index >= 15 is 0 Å². The summed E-state index contributed by atoms with van der Waals surface area (Å²) in [7, 11) is 0. The minimum Gasteiger partial charge on any atom is -0.484 e. The Bertz CT molecular complexity index is 775. The highest BCUT2D eigenvalue weighted by Gasteiger charge is 2.24. The summed E-state index contributed by atoms with van der Waals surface area (Å²) in [5.41, 5.74) is 3.80. The Hall–Kier alpha value is -2.27. The molecule has 1 aliphatic rings. The monoisotopic (exact) mass is 354 g/mol. The van der Waals surface area contributed by atoms with Crippen molar-refractivity contribution < 1.29 is 9.53 Å². The van der Waals surface area contributed by atoms with Crippen LogP contribution in [0, 0.1) is 13.8 Å². The third-order valence-corrected chi connectivity index (χ3v) is 5.13. The van der Waals surface area contributed by atoms with Gasteiger partial charge in [-0.05, 0) is 37.1 Å². The van der Waals surface area contributed by atoms with Gasteiger partial charge in [0.05, 0.1) is 6.54 Å². The number of rotatable bonds is 5. The highest BCUT2D eigenvalue weighted by atomic mass is 32.2. The van der Waals surface area contributed by atoms with Gasteiger partial charge in [-0.1, -0.05) is 53.7 Å². The molecule has 0 bridgehead atoms. The Kier molecular flexibility index (Phi) is 5.76. The molecule has 3 rings (SSSR count). The lowest BCUT2D eigenvalue weighted by molar-refractivity contribution is -0.128. The van der Waals surface area contributed by atoms with Gasteiger partial charge in [0.2, 0.25) is 0 Å². The van der Waals surface area contributed by atoms with E-state index in [-0.39, 0.29) is 12.5 Å². The number of hydrogen-bond donors (Lipinski definition) is 0. The predicted octanol–water partition coefficient (Wildman–Crippen LogP) is 3.81. The molecule has 1 heterocycles. The van der Waals surface area contributed by atoms with E-state index in [0.29, 0.717) is 18.8 Å². The van der Waals surface area contributed by atoms with E-state index in [1.807, 2.05) is 30.3 Å². The highest BCUT2D eigenvalue weighted by molar-refractivity contribution is 8.13. The zero-order valence-electron chi connectivity index (χ0n) is 14.6. The molecule has 5 heteroatoms. The number of amides is 1. The Morgan fingerprint density at radius 1 is 1.20 bits per heavy atom.